The quantitative estimate of drug-likeness (QED) is 0.706. The zero-order chi connectivity index (χ0) is 14.8. The van der Waals surface area contributed by atoms with E-state index in [0.29, 0.717) is 12.5 Å². The summed E-state index contributed by atoms with van der Waals surface area (Å²) in [5.74, 6) is 2.42. The summed E-state index contributed by atoms with van der Waals surface area (Å²) >= 11 is 3.49. The molecule has 1 aliphatic heterocycles. The minimum absolute atomic E-state index is 0.163. The summed E-state index contributed by atoms with van der Waals surface area (Å²) in [7, 11) is 0. The first kappa shape index (κ1) is 15.8. The van der Waals surface area contributed by atoms with Gasteiger partial charge >= 0.3 is 0 Å². The number of ether oxygens (including phenoxy) is 1. The highest BCUT2D eigenvalue weighted by Gasteiger charge is 2.39. The third-order valence-corrected chi connectivity index (χ3v) is 6.57. The molecular formula is C17H28BrNO2. The van der Waals surface area contributed by atoms with Crippen LogP contribution in [0.15, 0.2) is 0 Å². The lowest BCUT2D eigenvalue weighted by atomic mass is 9.67. The van der Waals surface area contributed by atoms with E-state index in [1.165, 1.54) is 32.1 Å². The molecule has 3 fully saturated rings. The Labute approximate surface area is 136 Å². The van der Waals surface area contributed by atoms with Crippen LogP contribution in [0.5, 0.6) is 0 Å². The van der Waals surface area contributed by atoms with Crippen LogP contribution in [0.4, 0.5) is 0 Å². The van der Waals surface area contributed by atoms with Crippen molar-refractivity contribution in [1.29, 1.82) is 0 Å². The van der Waals surface area contributed by atoms with E-state index in [2.05, 4.69) is 27.8 Å². The zero-order valence-corrected chi connectivity index (χ0v) is 14.7. The third-order valence-electron chi connectivity index (χ3n) is 5.85. The summed E-state index contributed by atoms with van der Waals surface area (Å²) in [5.41, 5.74) is 0. The number of nitrogens with zero attached hydrogens (tertiary/aromatic N) is 1. The maximum absolute atomic E-state index is 13.0. The summed E-state index contributed by atoms with van der Waals surface area (Å²) in [6, 6.07) is 0.233. The van der Waals surface area contributed by atoms with Gasteiger partial charge in [-0.3, -0.25) is 4.79 Å². The largest absolute Gasteiger partial charge is 0.373 e. The average Bonchev–Trinajstić information content (AvgIpc) is 2.54. The molecule has 3 rings (SSSR count). The van der Waals surface area contributed by atoms with E-state index < -0.39 is 0 Å². The SMILES string of the molecule is CC1COC(CBr)CN1C(=O)C1CCC2CCCCC2C1. The van der Waals surface area contributed by atoms with Gasteiger partial charge in [-0.15, -0.1) is 0 Å². The summed E-state index contributed by atoms with van der Waals surface area (Å²) in [6.45, 7) is 3.56. The molecule has 5 atom stereocenters. The molecule has 3 aliphatic rings. The zero-order valence-electron chi connectivity index (χ0n) is 13.1. The standard InChI is InChI=1S/C17H28BrNO2/c1-12-11-21-16(9-18)10-19(12)17(20)15-7-6-13-4-2-3-5-14(13)8-15/h12-16H,2-11H2,1H3. The molecule has 0 radical (unpaired) electrons. The first-order valence-corrected chi connectivity index (χ1v) is 9.79. The smallest absolute Gasteiger partial charge is 0.226 e. The molecule has 0 N–H and O–H groups in total. The number of fused-ring (bicyclic) bond motifs is 1. The predicted octanol–water partition coefficient (Wildman–Crippen LogP) is 3.60. The number of hydrogen-bond acceptors (Lipinski definition) is 2. The highest BCUT2D eigenvalue weighted by molar-refractivity contribution is 9.09. The van der Waals surface area contributed by atoms with Crippen molar-refractivity contribution in [3.63, 3.8) is 0 Å². The van der Waals surface area contributed by atoms with Crippen LogP contribution in [0.25, 0.3) is 0 Å². The molecule has 2 saturated carbocycles. The van der Waals surface area contributed by atoms with E-state index in [0.717, 1.165) is 36.6 Å². The molecule has 3 nitrogen and oxygen atoms in total. The summed E-state index contributed by atoms with van der Waals surface area (Å²) in [5, 5.41) is 0.818. The Bertz CT molecular complexity index is 376. The van der Waals surface area contributed by atoms with Crippen molar-refractivity contribution in [3.05, 3.63) is 0 Å². The molecule has 0 aromatic heterocycles. The van der Waals surface area contributed by atoms with Gasteiger partial charge in [0.05, 0.1) is 18.8 Å². The molecule has 5 unspecified atom stereocenters. The molecule has 2 aliphatic carbocycles. The molecule has 120 valence electrons. The van der Waals surface area contributed by atoms with Crippen molar-refractivity contribution in [1.82, 2.24) is 4.90 Å². The third kappa shape index (κ3) is 3.47. The molecule has 1 amide bonds. The Kier molecular flexibility index (Phi) is 5.26. The predicted molar refractivity (Wildman–Crippen MR) is 87.5 cm³/mol. The molecule has 0 bridgehead atoms. The van der Waals surface area contributed by atoms with Gasteiger partial charge in [0.2, 0.25) is 5.91 Å². The van der Waals surface area contributed by atoms with Crippen LogP contribution >= 0.6 is 15.9 Å². The Morgan fingerprint density at radius 2 is 1.95 bits per heavy atom. The number of morpholine rings is 1. The minimum Gasteiger partial charge on any atom is -0.373 e. The van der Waals surface area contributed by atoms with Gasteiger partial charge < -0.3 is 9.64 Å². The van der Waals surface area contributed by atoms with Gasteiger partial charge in [-0.2, -0.15) is 0 Å². The second kappa shape index (κ2) is 6.99. The van der Waals surface area contributed by atoms with E-state index in [-0.39, 0.29) is 18.1 Å². The molecule has 0 aromatic rings. The number of halogens is 1. The molecule has 0 aromatic carbocycles. The second-order valence-corrected chi connectivity index (χ2v) is 7.91. The number of carbonyl (C=O) groups is 1. The number of alkyl halides is 1. The molecule has 1 saturated heterocycles. The normalized spacial score (nSPS) is 40.7. The maximum atomic E-state index is 13.0. The fourth-order valence-corrected chi connectivity index (χ4v) is 4.94. The highest BCUT2D eigenvalue weighted by atomic mass is 79.9. The van der Waals surface area contributed by atoms with Crippen LogP contribution < -0.4 is 0 Å². The van der Waals surface area contributed by atoms with Gasteiger partial charge in [0, 0.05) is 17.8 Å². The van der Waals surface area contributed by atoms with Crippen molar-refractivity contribution in [2.45, 2.75) is 64.0 Å². The number of hydrogen-bond donors (Lipinski definition) is 0. The fourth-order valence-electron chi connectivity index (χ4n) is 4.55. The average molecular weight is 358 g/mol. The van der Waals surface area contributed by atoms with Gasteiger partial charge in [0.25, 0.3) is 0 Å². The topological polar surface area (TPSA) is 29.5 Å². The van der Waals surface area contributed by atoms with Gasteiger partial charge in [-0.25, -0.2) is 0 Å². The van der Waals surface area contributed by atoms with Crippen LogP contribution in [-0.4, -0.2) is 41.4 Å². The Balaban J connectivity index is 1.61. The van der Waals surface area contributed by atoms with Crippen molar-refractivity contribution >= 4 is 21.8 Å². The molecular weight excluding hydrogens is 330 g/mol. The van der Waals surface area contributed by atoms with E-state index in [4.69, 9.17) is 4.74 Å². The summed E-state index contributed by atoms with van der Waals surface area (Å²) in [4.78, 5) is 15.1. The minimum atomic E-state index is 0.163. The maximum Gasteiger partial charge on any atom is 0.226 e. The van der Waals surface area contributed by atoms with Crippen LogP contribution in [0.1, 0.15) is 51.9 Å². The lowest BCUT2D eigenvalue weighted by Gasteiger charge is -2.43. The lowest BCUT2D eigenvalue weighted by Crippen LogP contribution is -2.53. The summed E-state index contributed by atoms with van der Waals surface area (Å²) in [6.07, 6.45) is 9.25. The highest BCUT2D eigenvalue weighted by Crippen LogP contribution is 2.43. The number of rotatable bonds is 2. The van der Waals surface area contributed by atoms with Crippen LogP contribution in [-0.2, 0) is 9.53 Å². The van der Waals surface area contributed by atoms with Gasteiger partial charge in [0.15, 0.2) is 0 Å². The van der Waals surface area contributed by atoms with Crippen molar-refractivity contribution in [2.75, 3.05) is 18.5 Å². The number of amides is 1. The number of carbonyl (C=O) groups excluding carboxylic acids is 1. The van der Waals surface area contributed by atoms with Gasteiger partial charge in [-0.05, 0) is 38.0 Å². The van der Waals surface area contributed by atoms with E-state index in [1.54, 1.807) is 0 Å². The van der Waals surface area contributed by atoms with Crippen LogP contribution in [0.2, 0.25) is 0 Å². The van der Waals surface area contributed by atoms with Crippen molar-refractivity contribution in [2.24, 2.45) is 17.8 Å². The molecule has 1 heterocycles. The van der Waals surface area contributed by atoms with E-state index in [9.17, 15) is 4.79 Å². The summed E-state index contributed by atoms with van der Waals surface area (Å²) < 4.78 is 5.75. The van der Waals surface area contributed by atoms with E-state index >= 15 is 0 Å². The molecule has 4 heteroatoms. The van der Waals surface area contributed by atoms with E-state index in [1.807, 2.05) is 0 Å². The Morgan fingerprint density at radius 1 is 1.19 bits per heavy atom. The first-order valence-electron chi connectivity index (χ1n) is 8.67. The van der Waals surface area contributed by atoms with Gasteiger partial charge in [-0.1, -0.05) is 41.6 Å². The molecule has 0 spiro atoms. The molecule has 21 heavy (non-hydrogen) atoms. The first-order chi connectivity index (χ1) is 10.2. The second-order valence-electron chi connectivity index (χ2n) is 7.26. The van der Waals surface area contributed by atoms with Crippen LogP contribution in [0, 0.1) is 17.8 Å². The van der Waals surface area contributed by atoms with Crippen molar-refractivity contribution < 1.29 is 9.53 Å². The van der Waals surface area contributed by atoms with Crippen LogP contribution in [0.3, 0.4) is 0 Å². The van der Waals surface area contributed by atoms with Gasteiger partial charge in [0.1, 0.15) is 0 Å². The fraction of sp³-hybridized carbons (Fsp3) is 0.941. The lowest BCUT2D eigenvalue weighted by molar-refractivity contribution is -0.149. The Hall–Kier alpha value is -0.0900. The van der Waals surface area contributed by atoms with Crippen molar-refractivity contribution in [3.8, 4) is 0 Å². The monoisotopic (exact) mass is 357 g/mol. The Morgan fingerprint density at radius 3 is 2.71 bits per heavy atom.